The van der Waals surface area contributed by atoms with E-state index in [1.807, 2.05) is 39.0 Å². The predicted molar refractivity (Wildman–Crippen MR) is 106 cm³/mol. The summed E-state index contributed by atoms with van der Waals surface area (Å²) in [6.07, 6.45) is 0. The number of amides is 1. The average molecular weight is 381 g/mol. The molecule has 0 saturated heterocycles. The molecule has 4 nitrogen and oxygen atoms in total. The Kier molecular flexibility index (Phi) is 6.14. The number of hydrogen-bond acceptors (Lipinski definition) is 3. The summed E-state index contributed by atoms with van der Waals surface area (Å²) in [5, 5.41) is 2.85. The van der Waals surface area contributed by atoms with Crippen LogP contribution in [0.1, 0.15) is 45.8 Å². The quantitative estimate of drug-likeness (QED) is 0.616. The lowest BCUT2D eigenvalue weighted by atomic mass is 10.0. The number of carbonyl (C=O) groups is 1. The average Bonchev–Trinajstić information content (AvgIpc) is 3.16. The molecular formula is C23H24FNO3. The van der Waals surface area contributed by atoms with Crippen molar-refractivity contribution in [3.63, 3.8) is 0 Å². The first-order valence-corrected chi connectivity index (χ1v) is 9.25. The number of hydrogen-bond donors (Lipinski definition) is 1. The van der Waals surface area contributed by atoms with Gasteiger partial charge in [-0.05, 0) is 66.8 Å². The molecule has 1 aromatic heterocycles. The molecule has 146 valence electrons. The lowest BCUT2D eigenvalue weighted by Gasteiger charge is -2.12. The first kappa shape index (κ1) is 19.7. The van der Waals surface area contributed by atoms with Gasteiger partial charge in [0.25, 0.3) is 5.91 Å². The van der Waals surface area contributed by atoms with Crippen molar-refractivity contribution in [3.8, 4) is 5.75 Å². The first-order chi connectivity index (χ1) is 13.4. The van der Waals surface area contributed by atoms with Crippen LogP contribution in [-0.4, -0.2) is 12.5 Å². The molecule has 0 aliphatic carbocycles. The zero-order valence-electron chi connectivity index (χ0n) is 16.3. The molecule has 0 aliphatic heterocycles. The molecule has 0 radical (unpaired) electrons. The Morgan fingerprint density at radius 2 is 1.86 bits per heavy atom. The van der Waals surface area contributed by atoms with E-state index in [0.717, 1.165) is 22.4 Å². The summed E-state index contributed by atoms with van der Waals surface area (Å²) >= 11 is 0. The molecule has 0 saturated carbocycles. The van der Waals surface area contributed by atoms with Crippen LogP contribution in [0.25, 0.3) is 0 Å². The number of aryl methyl sites for hydroxylation is 2. The summed E-state index contributed by atoms with van der Waals surface area (Å²) in [7, 11) is 0. The molecule has 3 rings (SSSR count). The molecule has 2 aromatic carbocycles. The highest BCUT2D eigenvalue weighted by Gasteiger charge is 2.14. The monoisotopic (exact) mass is 381 g/mol. The smallest absolute Gasteiger partial charge is 0.287 e. The fraction of sp³-hybridized carbons (Fsp3) is 0.261. The molecule has 1 heterocycles. The maximum absolute atomic E-state index is 13.0. The van der Waals surface area contributed by atoms with E-state index in [-0.39, 0.29) is 30.0 Å². The van der Waals surface area contributed by atoms with Crippen LogP contribution in [0.4, 0.5) is 4.39 Å². The lowest BCUT2D eigenvalue weighted by molar-refractivity contribution is 0.0920. The van der Waals surface area contributed by atoms with E-state index in [1.54, 1.807) is 24.3 Å². The number of rotatable bonds is 7. The molecule has 5 heteroatoms. The van der Waals surface area contributed by atoms with Gasteiger partial charge in [0.1, 0.15) is 23.9 Å². The van der Waals surface area contributed by atoms with Crippen LogP contribution < -0.4 is 10.1 Å². The predicted octanol–water partition coefficient (Wildman–Crippen LogP) is 5.15. The molecule has 28 heavy (non-hydrogen) atoms. The van der Waals surface area contributed by atoms with E-state index in [4.69, 9.17) is 9.15 Å². The van der Waals surface area contributed by atoms with E-state index in [9.17, 15) is 9.18 Å². The van der Waals surface area contributed by atoms with Crippen molar-refractivity contribution in [2.75, 3.05) is 6.54 Å². The van der Waals surface area contributed by atoms with Crippen LogP contribution in [0.2, 0.25) is 0 Å². The minimum atomic E-state index is -0.285. The summed E-state index contributed by atoms with van der Waals surface area (Å²) in [6.45, 7) is 6.65. The van der Waals surface area contributed by atoms with Crippen molar-refractivity contribution in [1.29, 1.82) is 0 Å². The second kappa shape index (κ2) is 8.74. The van der Waals surface area contributed by atoms with Gasteiger partial charge >= 0.3 is 0 Å². The Morgan fingerprint density at radius 1 is 1.11 bits per heavy atom. The highest BCUT2D eigenvalue weighted by atomic mass is 19.1. The van der Waals surface area contributed by atoms with Crippen LogP contribution in [0, 0.1) is 19.7 Å². The Labute approximate surface area is 164 Å². The molecule has 1 amide bonds. The van der Waals surface area contributed by atoms with E-state index < -0.39 is 0 Å². The first-order valence-electron chi connectivity index (χ1n) is 9.25. The topological polar surface area (TPSA) is 51.5 Å². The zero-order chi connectivity index (χ0) is 20.1. The number of halogens is 1. The minimum absolute atomic E-state index is 0.0617. The van der Waals surface area contributed by atoms with Crippen molar-refractivity contribution in [3.05, 3.63) is 88.6 Å². The molecule has 1 unspecified atom stereocenters. The van der Waals surface area contributed by atoms with Gasteiger partial charge in [0.05, 0.1) is 0 Å². The van der Waals surface area contributed by atoms with E-state index in [2.05, 4.69) is 5.32 Å². The van der Waals surface area contributed by atoms with E-state index in [1.165, 1.54) is 12.1 Å². The van der Waals surface area contributed by atoms with E-state index >= 15 is 0 Å². The van der Waals surface area contributed by atoms with Crippen molar-refractivity contribution >= 4 is 5.91 Å². The Morgan fingerprint density at radius 3 is 2.61 bits per heavy atom. The highest BCUT2D eigenvalue weighted by Crippen LogP contribution is 2.21. The molecule has 0 spiro atoms. The third-order valence-corrected chi connectivity index (χ3v) is 4.61. The molecule has 1 N–H and O–H groups in total. The molecule has 0 aliphatic rings. The fourth-order valence-corrected chi connectivity index (χ4v) is 2.83. The number of nitrogens with one attached hydrogen (secondary N) is 1. The van der Waals surface area contributed by atoms with Crippen molar-refractivity contribution in [2.24, 2.45) is 0 Å². The van der Waals surface area contributed by atoms with Gasteiger partial charge in [-0.25, -0.2) is 4.39 Å². The van der Waals surface area contributed by atoms with Gasteiger partial charge in [-0.3, -0.25) is 4.79 Å². The number of furan rings is 1. The second-order valence-corrected chi connectivity index (χ2v) is 6.99. The SMILES string of the molecule is Cc1ccc(C)c(OCc2ccc(C(=O)NCC(C)c3ccc(F)cc3)o2)c1. The van der Waals surface area contributed by atoms with Crippen LogP contribution in [0.15, 0.2) is 59.0 Å². The summed E-state index contributed by atoms with van der Waals surface area (Å²) in [5.74, 6) is 1.13. The molecule has 0 fully saturated rings. The van der Waals surface area contributed by atoms with Crippen molar-refractivity contribution in [2.45, 2.75) is 33.3 Å². The third kappa shape index (κ3) is 5.00. The number of carbonyl (C=O) groups excluding carboxylic acids is 1. The van der Waals surface area contributed by atoms with Crippen molar-refractivity contribution < 1.29 is 18.3 Å². The van der Waals surface area contributed by atoms with Gasteiger partial charge in [-0.15, -0.1) is 0 Å². The Bertz CT molecular complexity index is 947. The normalized spacial score (nSPS) is 11.9. The highest BCUT2D eigenvalue weighted by molar-refractivity contribution is 5.91. The largest absolute Gasteiger partial charge is 0.485 e. The summed E-state index contributed by atoms with van der Waals surface area (Å²) in [5.41, 5.74) is 3.13. The summed E-state index contributed by atoms with van der Waals surface area (Å²) in [4.78, 5) is 12.3. The van der Waals surface area contributed by atoms with Gasteiger partial charge in [-0.2, -0.15) is 0 Å². The van der Waals surface area contributed by atoms with Crippen LogP contribution >= 0.6 is 0 Å². The second-order valence-electron chi connectivity index (χ2n) is 6.99. The van der Waals surface area contributed by atoms with Crippen LogP contribution in [-0.2, 0) is 6.61 Å². The summed E-state index contributed by atoms with van der Waals surface area (Å²) < 4.78 is 24.4. The molecule has 3 aromatic rings. The standard InChI is InChI=1S/C23H24FNO3/c1-15-4-5-16(2)22(12-15)27-14-20-10-11-21(28-20)23(26)25-13-17(3)18-6-8-19(24)9-7-18/h4-12,17H,13-14H2,1-3H3,(H,25,26). The number of benzene rings is 2. The van der Waals surface area contributed by atoms with Gasteiger partial charge in [0.2, 0.25) is 0 Å². The van der Waals surface area contributed by atoms with Gasteiger partial charge in [0, 0.05) is 6.54 Å². The third-order valence-electron chi connectivity index (χ3n) is 4.61. The molecule has 0 bridgehead atoms. The van der Waals surface area contributed by atoms with Crippen molar-refractivity contribution in [1.82, 2.24) is 5.32 Å². The summed E-state index contributed by atoms with van der Waals surface area (Å²) in [6, 6.07) is 15.7. The van der Waals surface area contributed by atoms with Crippen LogP contribution in [0.5, 0.6) is 5.75 Å². The minimum Gasteiger partial charge on any atom is -0.485 e. The van der Waals surface area contributed by atoms with E-state index in [0.29, 0.717) is 12.3 Å². The Hall–Kier alpha value is -3.08. The fourth-order valence-electron chi connectivity index (χ4n) is 2.83. The van der Waals surface area contributed by atoms with Gasteiger partial charge in [-0.1, -0.05) is 31.2 Å². The molecular weight excluding hydrogens is 357 g/mol. The van der Waals surface area contributed by atoms with Crippen LogP contribution in [0.3, 0.4) is 0 Å². The Balaban J connectivity index is 1.53. The number of ether oxygens (including phenoxy) is 1. The van der Waals surface area contributed by atoms with Gasteiger partial charge in [0.15, 0.2) is 5.76 Å². The maximum Gasteiger partial charge on any atom is 0.287 e. The lowest BCUT2D eigenvalue weighted by Crippen LogP contribution is -2.27. The van der Waals surface area contributed by atoms with Gasteiger partial charge < -0.3 is 14.5 Å². The maximum atomic E-state index is 13.0. The zero-order valence-corrected chi connectivity index (χ0v) is 16.3. The molecule has 1 atom stereocenters.